The summed E-state index contributed by atoms with van der Waals surface area (Å²) < 4.78 is 2.14. The summed E-state index contributed by atoms with van der Waals surface area (Å²) in [6.07, 6.45) is 1.66. The molecule has 0 atom stereocenters. The maximum atomic E-state index is 6.06. The van der Waals surface area contributed by atoms with Crippen LogP contribution in [0.2, 0.25) is 5.02 Å². The lowest BCUT2D eigenvalue weighted by atomic mass is 10.0. The maximum Gasteiger partial charge on any atom is 0.252 e. The minimum atomic E-state index is 0.169. The van der Waals surface area contributed by atoms with Crippen LogP contribution in [0.15, 0.2) is 64.2 Å². The van der Waals surface area contributed by atoms with E-state index < -0.39 is 0 Å². The Morgan fingerprint density at radius 1 is 1.04 bits per heavy atom. The zero-order valence-electron chi connectivity index (χ0n) is 14.3. The molecular formula is C19H14Cl3N5. The van der Waals surface area contributed by atoms with Gasteiger partial charge in [0.15, 0.2) is 0 Å². The van der Waals surface area contributed by atoms with Crippen molar-refractivity contribution < 1.29 is 0 Å². The van der Waals surface area contributed by atoms with Gasteiger partial charge >= 0.3 is 0 Å². The number of benzene rings is 2. The van der Waals surface area contributed by atoms with E-state index in [1.54, 1.807) is 11.1 Å². The van der Waals surface area contributed by atoms with Crippen LogP contribution in [0.3, 0.4) is 0 Å². The first-order valence-corrected chi connectivity index (χ1v) is 9.33. The Kier molecular flexibility index (Phi) is 4.91. The van der Waals surface area contributed by atoms with Crippen molar-refractivity contribution >= 4 is 46.5 Å². The zero-order chi connectivity index (χ0) is 19.0. The normalized spacial score (nSPS) is 12.7. The van der Waals surface area contributed by atoms with E-state index in [-0.39, 0.29) is 4.49 Å². The summed E-state index contributed by atoms with van der Waals surface area (Å²) in [5.74, 6) is 1.35. The van der Waals surface area contributed by atoms with E-state index in [1.165, 1.54) is 0 Å². The van der Waals surface area contributed by atoms with Crippen molar-refractivity contribution in [3.05, 3.63) is 81.1 Å². The van der Waals surface area contributed by atoms with Crippen LogP contribution in [0.25, 0.3) is 5.69 Å². The van der Waals surface area contributed by atoms with Gasteiger partial charge in [-0.3, -0.25) is 4.57 Å². The molecule has 1 aromatic heterocycles. The number of nitrogens with zero attached hydrogens (tertiary/aromatic N) is 5. The monoisotopic (exact) mass is 417 g/mol. The Hall–Kier alpha value is -2.34. The van der Waals surface area contributed by atoms with E-state index >= 15 is 0 Å². The van der Waals surface area contributed by atoms with E-state index in [2.05, 4.69) is 10.2 Å². The first kappa shape index (κ1) is 18.0. The molecule has 1 aliphatic heterocycles. The second kappa shape index (κ2) is 7.35. The average molecular weight is 419 g/mol. The molecule has 0 saturated heterocycles. The quantitative estimate of drug-likeness (QED) is 0.593. The fourth-order valence-electron chi connectivity index (χ4n) is 2.99. The molecule has 27 heavy (non-hydrogen) atoms. The van der Waals surface area contributed by atoms with Gasteiger partial charge in [-0.2, -0.15) is 5.10 Å². The molecule has 0 fully saturated rings. The molecule has 0 saturated carbocycles. The third kappa shape index (κ3) is 3.46. The highest BCUT2D eigenvalue weighted by Crippen LogP contribution is 2.30. The van der Waals surface area contributed by atoms with Crippen molar-refractivity contribution in [1.29, 1.82) is 0 Å². The van der Waals surface area contributed by atoms with Crippen LogP contribution in [0, 0.1) is 6.92 Å². The van der Waals surface area contributed by atoms with Gasteiger partial charge in [-0.25, -0.2) is 5.01 Å². The molecule has 136 valence electrons. The fraction of sp³-hybridized carbons (Fsp3) is 0.105. The third-order valence-corrected chi connectivity index (χ3v) is 4.76. The number of hydrogen-bond acceptors (Lipinski definition) is 4. The van der Waals surface area contributed by atoms with Crippen molar-refractivity contribution in [2.24, 2.45) is 5.10 Å². The zero-order valence-corrected chi connectivity index (χ0v) is 16.5. The molecule has 0 bridgehead atoms. The second-order valence-corrected chi connectivity index (χ2v) is 7.38. The highest BCUT2D eigenvalue weighted by Gasteiger charge is 2.25. The lowest BCUT2D eigenvalue weighted by molar-refractivity contribution is 0.855. The van der Waals surface area contributed by atoms with Gasteiger partial charge in [-0.1, -0.05) is 65.1 Å². The van der Waals surface area contributed by atoms with Crippen molar-refractivity contribution in [2.75, 3.05) is 11.6 Å². The van der Waals surface area contributed by atoms with Crippen molar-refractivity contribution in [3.8, 4) is 5.69 Å². The summed E-state index contributed by atoms with van der Waals surface area (Å²) in [6, 6.07) is 15.6. The highest BCUT2D eigenvalue weighted by atomic mass is 35.5. The predicted octanol–water partition coefficient (Wildman–Crippen LogP) is 5.12. The molecule has 2 aromatic carbocycles. The Morgan fingerprint density at radius 2 is 1.78 bits per heavy atom. The van der Waals surface area contributed by atoms with Gasteiger partial charge in [0.25, 0.3) is 5.95 Å². The highest BCUT2D eigenvalue weighted by molar-refractivity contribution is 6.55. The minimum Gasteiger partial charge on any atom is -0.263 e. The van der Waals surface area contributed by atoms with Crippen molar-refractivity contribution in [3.63, 3.8) is 0 Å². The van der Waals surface area contributed by atoms with Gasteiger partial charge < -0.3 is 0 Å². The maximum absolute atomic E-state index is 6.06. The third-order valence-electron chi connectivity index (χ3n) is 4.20. The fourth-order valence-corrected chi connectivity index (χ4v) is 3.25. The number of fused-ring (bicyclic) bond motifs is 3. The van der Waals surface area contributed by atoms with E-state index in [0.717, 1.165) is 28.4 Å². The van der Waals surface area contributed by atoms with Crippen molar-refractivity contribution in [2.45, 2.75) is 6.92 Å². The molecule has 3 aromatic rings. The van der Waals surface area contributed by atoms with Gasteiger partial charge in [-0.05, 0) is 31.2 Å². The average Bonchev–Trinajstić information content (AvgIpc) is 2.97. The van der Waals surface area contributed by atoms with Gasteiger partial charge in [0.2, 0.25) is 0 Å². The van der Waals surface area contributed by atoms with E-state index in [4.69, 9.17) is 39.9 Å². The van der Waals surface area contributed by atoms with E-state index in [9.17, 15) is 0 Å². The molecular weight excluding hydrogens is 405 g/mol. The summed E-state index contributed by atoms with van der Waals surface area (Å²) in [7, 11) is 0. The number of anilines is 1. The first-order chi connectivity index (χ1) is 13.0. The number of para-hydroxylation sites is 1. The molecule has 1 aliphatic rings. The lowest BCUT2D eigenvalue weighted by Gasteiger charge is -2.15. The van der Waals surface area contributed by atoms with Crippen LogP contribution in [-0.2, 0) is 0 Å². The molecule has 0 spiro atoms. The summed E-state index contributed by atoms with van der Waals surface area (Å²) in [5.41, 5.74) is 3.65. The predicted molar refractivity (Wildman–Crippen MR) is 110 cm³/mol. The lowest BCUT2D eigenvalue weighted by Crippen LogP contribution is -2.21. The number of halogens is 3. The molecule has 2 heterocycles. The van der Waals surface area contributed by atoms with Crippen LogP contribution < -0.4 is 5.01 Å². The van der Waals surface area contributed by atoms with Crippen LogP contribution in [0.5, 0.6) is 0 Å². The van der Waals surface area contributed by atoms with Crippen LogP contribution in [0.4, 0.5) is 5.95 Å². The summed E-state index contributed by atoms with van der Waals surface area (Å²) in [6.45, 7) is 2.26. The smallest absolute Gasteiger partial charge is 0.252 e. The number of hydrazone groups is 1. The summed E-state index contributed by atoms with van der Waals surface area (Å²) in [5, 5.41) is 15.8. The molecule has 0 amide bonds. The molecule has 0 unspecified atom stereocenters. The number of rotatable bonds is 3. The Balaban J connectivity index is 1.97. The van der Waals surface area contributed by atoms with Crippen molar-refractivity contribution in [1.82, 2.24) is 14.8 Å². The molecule has 8 heteroatoms. The van der Waals surface area contributed by atoms with E-state index in [1.807, 2.05) is 60.0 Å². The minimum absolute atomic E-state index is 0.169. The molecule has 5 nitrogen and oxygen atoms in total. The van der Waals surface area contributed by atoms with Gasteiger partial charge in [0.05, 0.1) is 12.2 Å². The number of aryl methyl sites for hydroxylation is 1. The first-order valence-electron chi connectivity index (χ1n) is 8.19. The molecule has 0 radical (unpaired) electrons. The molecule has 0 aliphatic carbocycles. The topological polar surface area (TPSA) is 46.3 Å². The van der Waals surface area contributed by atoms with E-state index in [0.29, 0.717) is 17.5 Å². The Morgan fingerprint density at radius 3 is 2.52 bits per heavy atom. The Labute approximate surface area is 171 Å². The largest absolute Gasteiger partial charge is 0.263 e. The summed E-state index contributed by atoms with van der Waals surface area (Å²) in [4.78, 5) is 0. The molecule has 0 N–H and O–H groups in total. The summed E-state index contributed by atoms with van der Waals surface area (Å²) >= 11 is 17.7. The second-order valence-electron chi connectivity index (χ2n) is 5.93. The standard InChI is InChI=1S/C19H14Cl3N5/c1-12-23-24-19-26(11-10-17(21)22)25-18(13-6-8-14(20)9-7-13)15-4-2-3-5-16(15)27(12)19/h2-10H,11H2,1H3. The molecule has 4 rings (SSSR count). The Bertz CT molecular complexity index is 1050. The van der Waals surface area contributed by atoms with Crippen LogP contribution in [-0.4, -0.2) is 27.0 Å². The van der Waals surface area contributed by atoms with Crippen LogP contribution >= 0.6 is 34.8 Å². The van der Waals surface area contributed by atoms with Gasteiger partial charge in [0, 0.05) is 16.1 Å². The van der Waals surface area contributed by atoms with Gasteiger partial charge in [0.1, 0.15) is 16.0 Å². The van der Waals surface area contributed by atoms with Gasteiger partial charge in [-0.15, -0.1) is 10.2 Å². The number of hydrogen-bond donors (Lipinski definition) is 0. The number of aromatic nitrogens is 3. The SMILES string of the molecule is Cc1nnc2n1-c1ccccc1C(c1ccc(Cl)cc1)=NN2CC=C(Cl)Cl. The van der Waals surface area contributed by atoms with Crippen LogP contribution in [0.1, 0.15) is 17.0 Å².